The lowest BCUT2D eigenvalue weighted by atomic mass is 9.92. The van der Waals surface area contributed by atoms with Crippen molar-refractivity contribution in [1.29, 1.82) is 0 Å². The zero-order valence-electron chi connectivity index (χ0n) is 10.1. The first-order valence-corrected chi connectivity index (χ1v) is 6.35. The summed E-state index contributed by atoms with van der Waals surface area (Å²) in [5.41, 5.74) is 7.11. The number of nitrogen functional groups attached to an aromatic ring is 1. The molecule has 0 bridgehead atoms. The molecule has 1 aromatic rings. The number of carbonyl (C=O) groups is 1. The lowest BCUT2D eigenvalue weighted by molar-refractivity contribution is 0.0958. The number of benzene rings is 1. The summed E-state index contributed by atoms with van der Waals surface area (Å²) >= 11 is 0. The molecule has 2 rings (SSSR count). The molecule has 1 aliphatic rings. The van der Waals surface area contributed by atoms with Gasteiger partial charge in [0, 0.05) is 17.7 Å². The highest BCUT2D eigenvalue weighted by atomic mass is 16.1. The van der Waals surface area contributed by atoms with Crippen molar-refractivity contribution in [3.8, 4) is 0 Å². The van der Waals surface area contributed by atoms with Crippen molar-refractivity contribution in [2.24, 2.45) is 5.92 Å². The summed E-state index contributed by atoms with van der Waals surface area (Å²) in [7, 11) is 0. The number of hydrogen-bond donors (Lipinski definition) is 2. The van der Waals surface area contributed by atoms with Gasteiger partial charge in [-0.2, -0.15) is 0 Å². The highest BCUT2D eigenvalue weighted by Crippen LogP contribution is 2.20. The Kier molecular flexibility index (Phi) is 4.15. The smallest absolute Gasteiger partial charge is 0.163 e. The summed E-state index contributed by atoms with van der Waals surface area (Å²) in [6.45, 7) is 2.13. The first-order valence-electron chi connectivity index (χ1n) is 6.35. The topological polar surface area (TPSA) is 55.1 Å². The average molecular weight is 232 g/mol. The van der Waals surface area contributed by atoms with E-state index in [0.29, 0.717) is 18.0 Å². The minimum absolute atomic E-state index is 0.247. The number of anilines is 1. The van der Waals surface area contributed by atoms with Crippen LogP contribution in [0.2, 0.25) is 0 Å². The Bertz CT molecular complexity index is 364. The van der Waals surface area contributed by atoms with Gasteiger partial charge in [0.15, 0.2) is 5.78 Å². The first kappa shape index (κ1) is 12.1. The van der Waals surface area contributed by atoms with Crippen molar-refractivity contribution in [3.63, 3.8) is 0 Å². The van der Waals surface area contributed by atoms with Crippen LogP contribution in [0.4, 0.5) is 5.69 Å². The molecule has 3 nitrogen and oxygen atoms in total. The van der Waals surface area contributed by atoms with Gasteiger partial charge in [0.1, 0.15) is 0 Å². The molecular formula is C14H20N2O. The van der Waals surface area contributed by atoms with Gasteiger partial charge < -0.3 is 11.1 Å². The van der Waals surface area contributed by atoms with Gasteiger partial charge in [0.25, 0.3) is 0 Å². The van der Waals surface area contributed by atoms with Crippen molar-refractivity contribution in [2.45, 2.75) is 25.7 Å². The number of ketones is 1. The van der Waals surface area contributed by atoms with E-state index in [1.807, 2.05) is 12.1 Å². The Morgan fingerprint density at radius 1 is 1.24 bits per heavy atom. The van der Waals surface area contributed by atoms with Crippen LogP contribution in [0.25, 0.3) is 0 Å². The van der Waals surface area contributed by atoms with Gasteiger partial charge in [-0.25, -0.2) is 0 Å². The number of Topliss-reactive ketones (excluding diaryl/α,β-unsaturated/α-hetero) is 1. The average Bonchev–Trinajstić information content (AvgIpc) is 2.58. The van der Waals surface area contributed by atoms with Gasteiger partial charge in [0.05, 0.1) is 0 Å². The van der Waals surface area contributed by atoms with E-state index in [-0.39, 0.29) is 5.78 Å². The summed E-state index contributed by atoms with van der Waals surface area (Å²) in [6.07, 6.45) is 4.12. The summed E-state index contributed by atoms with van der Waals surface area (Å²) in [5, 5.41) is 3.37. The third-order valence-corrected chi connectivity index (χ3v) is 3.40. The number of carbonyl (C=O) groups excluding carboxylic acids is 1. The van der Waals surface area contributed by atoms with Crippen LogP contribution in [0.1, 0.15) is 36.0 Å². The molecule has 1 fully saturated rings. The molecule has 0 aromatic heterocycles. The summed E-state index contributed by atoms with van der Waals surface area (Å²) in [5.74, 6) is 0.784. The molecular weight excluding hydrogens is 212 g/mol. The van der Waals surface area contributed by atoms with Crippen molar-refractivity contribution in [3.05, 3.63) is 29.8 Å². The number of hydrogen-bond acceptors (Lipinski definition) is 3. The Hall–Kier alpha value is -1.35. The zero-order valence-corrected chi connectivity index (χ0v) is 10.1. The van der Waals surface area contributed by atoms with E-state index in [0.717, 1.165) is 31.5 Å². The molecule has 3 N–H and O–H groups in total. The molecule has 92 valence electrons. The van der Waals surface area contributed by atoms with Crippen molar-refractivity contribution in [1.82, 2.24) is 5.32 Å². The molecule has 17 heavy (non-hydrogen) atoms. The van der Waals surface area contributed by atoms with E-state index in [2.05, 4.69) is 5.32 Å². The zero-order chi connectivity index (χ0) is 12.1. The largest absolute Gasteiger partial charge is 0.399 e. The van der Waals surface area contributed by atoms with Gasteiger partial charge in [0.2, 0.25) is 0 Å². The van der Waals surface area contributed by atoms with Crippen molar-refractivity contribution >= 4 is 11.5 Å². The van der Waals surface area contributed by atoms with E-state index in [1.165, 1.54) is 6.42 Å². The lowest BCUT2D eigenvalue weighted by Crippen LogP contribution is -2.15. The van der Waals surface area contributed by atoms with Crippen LogP contribution in [0.15, 0.2) is 24.3 Å². The predicted octanol–water partition coefficient (Wildman–Crippen LogP) is 2.23. The normalized spacial score (nSPS) is 20.8. The van der Waals surface area contributed by atoms with Crippen LogP contribution in [0, 0.1) is 5.92 Å². The predicted molar refractivity (Wildman–Crippen MR) is 70.0 cm³/mol. The SMILES string of the molecule is Nc1ccc(C(=O)CC2CCCNCC2)cc1. The maximum absolute atomic E-state index is 12.1. The second-order valence-corrected chi connectivity index (χ2v) is 4.80. The second-order valence-electron chi connectivity index (χ2n) is 4.80. The Labute approximate surface area is 102 Å². The molecule has 1 atom stereocenters. The lowest BCUT2D eigenvalue weighted by Gasteiger charge is -2.12. The molecule has 1 heterocycles. The fourth-order valence-electron chi connectivity index (χ4n) is 2.34. The van der Waals surface area contributed by atoms with Gasteiger partial charge in [-0.05, 0) is 62.5 Å². The summed E-state index contributed by atoms with van der Waals surface area (Å²) in [6, 6.07) is 7.24. The summed E-state index contributed by atoms with van der Waals surface area (Å²) in [4.78, 5) is 12.1. The molecule has 0 amide bonds. The van der Waals surface area contributed by atoms with Crippen LogP contribution < -0.4 is 11.1 Å². The molecule has 0 radical (unpaired) electrons. The second kappa shape index (κ2) is 5.82. The highest BCUT2D eigenvalue weighted by molar-refractivity contribution is 5.96. The monoisotopic (exact) mass is 232 g/mol. The Morgan fingerprint density at radius 2 is 2.00 bits per heavy atom. The van der Waals surface area contributed by atoms with Gasteiger partial charge in [-0.3, -0.25) is 4.79 Å². The third-order valence-electron chi connectivity index (χ3n) is 3.40. The standard InChI is InChI=1S/C14H20N2O/c15-13-5-3-12(4-6-13)14(17)10-11-2-1-8-16-9-7-11/h3-6,11,16H,1-2,7-10,15H2. The molecule has 0 spiro atoms. The molecule has 0 saturated carbocycles. The van der Waals surface area contributed by atoms with E-state index in [4.69, 9.17) is 5.73 Å². The van der Waals surface area contributed by atoms with E-state index < -0.39 is 0 Å². The van der Waals surface area contributed by atoms with Crippen molar-refractivity contribution in [2.75, 3.05) is 18.8 Å². The highest BCUT2D eigenvalue weighted by Gasteiger charge is 2.16. The van der Waals surface area contributed by atoms with Crippen LogP contribution >= 0.6 is 0 Å². The molecule has 3 heteroatoms. The molecule has 1 aliphatic heterocycles. The maximum Gasteiger partial charge on any atom is 0.163 e. The fraction of sp³-hybridized carbons (Fsp3) is 0.500. The van der Waals surface area contributed by atoms with Gasteiger partial charge in [-0.15, -0.1) is 0 Å². The maximum atomic E-state index is 12.1. The fourth-order valence-corrected chi connectivity index (χ4v) is 2.34. The molecule has 0 aliphatic carbocycles. The van der Waals surface area contributed by atoms with Gasteiger partial charge in [-0.1, -0.05) is 0 Å². The minimum atomic E-state index is 0.247. The van der Waals surface area contributed by atoms with Crippen LogP contribution in [0.5, 0.6) is 0 Å². The van der Waals surface area contributed by atoms with E-state index >= 15 is 0 Å². The molecule has 1 saturated heterocycles. The van der Waals surface area contributed by atoms with Gasteiger partial charge >= 0.3 is 0 Å². The first-order chi connectivity index (χ1) is 8.25. The van der Waals surface area contributed by atoms with Crippen LogP contribution in [-0.4, -0.2) is 18.9 Å². The summed E-state index contributed by atoms with van der Waals surface area (Å²) < 4.78 is 0. The Morgan fingerprint density at radius 3 is 2.76 bits per heavy atom. The molecule has 1 aromatic carbocycles. The van der Waals surface area contributed by atoms with Crippen LogP contribution in [0.3, 0.4) is 0 Å². The molecule has 1 unspecified atom stereocenters. The minimum Gasteiger partial charge on any atom is -0.399 e. The quantitative estimate of drug-likeness (QED) is 0.620. The van der Waals surface area contributed by atoms with Crippen molar-refractivity contribution < 1.29 is 4.79 Å². The third kappa shape index (κ3) is 3.56. The van der Waals surface area contributed by atoms with E-state index in [9.17, 15) is 4.79 Å². The van der Waals surface area contributed by atoms with Crippen LogP contribution in [-0.2, 0) is 0 Å². The number of nitrogens with two attached hydrogens (primary N) is 1. The Balaban J connectivity index is 1.93. The number of nitrogens with one attached hydrogen (secondary N) is 1. The van der Waals surface area contributed by atoms with E-state index in [1.54, 1.807) is 12.1 Å². The number of rotatable bonds is 3.